The van der Waals surface area contributed by atoms with Crippen LogP contribution in [0.15, 0.2) is 42.5 Å². The van der Waals surface area contributed by atoms with Crippen molar-refractivity contribution in [2.45, 2.75) is 109 Å². The summed E-state index contributed by atoms with van der Waals surface area (Å²) in [5.41, 5.74) is 2.98. The van der Waals surface area contributed by atoms with E-state index in [1.165, 1.54) is 23.3 Å². The number of carbonyl (C=O) groups is 2. The number of rotatable bonds is 10. The molecule has 3 unspecified atom stereocenters. The van der Waals surface area contributed by atoms with Gasteiger partial charge in [0.15, 0.2) is 0 Å². The number of halogens is 1. The van der Waals surface area contributed by atoms with Gasteiger partial charge in [0, 0.05) is 44.1 Å². The molecule has 4 rings (SSSR count). The summed E-state index contributed by atoms with van der Waals surface area (Å²) >= 11 is 0. The Morgan fingerprint density at radius 3 is 2.66 bits per heavy atom. The fourth-order valence-electron chi connectivity index (χ4n) is 6.32. The van der Waals surface area contributed by atoms with Crippen LogP contribution in [-0.4, -0.2) is 60.2 Å². The maximum absolute atomic E-state index is 14.8. The van der Waals surface area contributed by atoms with E-state index in [0.29, 0.717) is 43.9 Å². The zero-order valence-electron chi connectivity index (χ0n) is 26.9. The summed E-state index contributed by atoms with van der Waals surface area (Å²) in [6.45, 7) is 8.39. The van der Waals surface area contributed by atoms with Gasteiger partial charge in [0.25, 0.3) is 0 Å². The lowest BCUT2D eigenvalue weighted by atomic mass is 9.98. The fourth-order valence-corrected chi connectivity index (χ4v) is 6.32. The average Bonchev–Trinajstić information content (AvgIpc) is 3.80. The van der Waals surface area contributed by atoms with Gasteiger partial charge < -0.3 is 25.4 Å². The Balaban J connectivity index is 1.52. The number of amides is 2. The van der Waals surface area contributed by atoms with E-state index in [1.54, 1.807) is 0 Å². The van der Waals surface area contributed by atoms with Crippen LogP contribution in [0.4, 0.5) is 4.39 Å². The molecule has 3 atom stereocenters. The summed E-state index contributed by atoms with van der Waals surface area (Å²) in [5.74, 6) is 0.119. The van der Waals surface area contributed by atoms with E-state index in [-0.39, 0.29) is 42.7 Å². The maximum atomic E-state index is 14.8. The molecule has 0 saturated heterocycles. The van der Waals surface area contributed by atoms with Crippen molar-refractivity contribution < 1.29 is 23.8 Å². The van der Waals surface area contributed by atoms with Gasteiger partial charge in [-0.05, 0) is 86.1 Å². The van der Waals surface area contributed by atoms with Crippen LogP contribution in [0.1, 0.15) is 95.2 Å². The highest BCUT2D eigenvalue weighted by atomic mass is 19.1. The predicted molar refractivity (Wildman–Crippen MR) is 172 cm³/mol. The van der Waals surface area contributed by atoms with Crippen LogP contribution in [0.5, 0.6) is 5.75 Å². The quantitative estimate of drug-likeness (QED) is 0.323. The first kappa shape index (κ1) is 33.9. The molecule has 0 aromatic heterocycles. The van der Waals surface area contributed by atoms with E-state index in [0.717, 1.165) is 44.9 Å². The molecule has 0 spiro atoms. The normalized spacial score (nSPS) is 22.1. The lowest BCUT2D eigenvalue weighted by Gasteiger charge is -2.27. The third-order valence-corrected chi connectivity index (χ3v) is 9.12. The second kappa shape index (κ2) is 16.4. The van der Waals surface area contributed by atoms with Crippen molar-refractivity contribution in [2.75, 3.05) is 26.2 Å². The van der Waals surface area contributed by atoms with Gasteiger partial charge in [-0.3, -0.25) is 9.59 Å². The number of aliphatic hydroxyl groups excluding tert-OH is 1. The number of aryl methyl sites for hydroxylation is 1. The first-order chi connectivity index (χ1) is 21.2. The molecule has 7 nitrogen and oxygen atoms in total. The molecule has 3 N–H and O–H groups in total. The standard InChI is InChI=1S/C36H52FN3O4/c1-4-9-27-14-18-40(17-5-2)35(43)13-8-12-34(42)39-32(22-28-20-30(37)23-31(21-28)44-25-27)33(41)24-38-36(15-16-36)29-11-7-10-26(6-3)19-29/h7,10-11,19-21,23,27,32-33,38,41H,4-6,8-9,12-18,22,24-25H2,1-3H3,(H,39,42). The number of fused-ring (bicyclic) bond motifs is 2. The molecule has 1 aliphatic carbocycles. The van der Waals surface area contributed by atoms with Crippen molar-refractivity contribution in [3.63, 3.8) is 0 Å². The summed E-state index contributed by atoms with van der Waals surface area (Å²) in [6.07, 6.45) is 6.84. The molecule has 2 aromatic rings. The van der Waals surface area contributed by atoms with Crippen molar-refractivity contribution in [1.82, 2.24) is 15.5 Å². The van der Waals surface area contributed by atoms with Gasteiger partial charge in [0.2, 0.25) is 11.8 Å². The smallest absolute Gasteiger partial charge is 0.222 e. The van der Waals surface area contributed by atoms with E-state index in [1.807, 2.05) is 11.0 Å². The molecule has 0 radical (unpaired) electrons. The van der Waals surface area contributed by atoms with Gasteiger partial charge in [-0.1, -0.05) is 51.5 Å². The second-order valence-electron chi connectivity index (χ2n) is 12.7. The molecule has 1 fully saturated rings. The highest BCUT2D eigenvalue weighted by Crippen LogP contribution is 2.45. The van der Waals surface area contributed by atoms with Crippen LogP contribution >= 0.6 is 0 Å². The van der Waals surface area contributed by atoms with Crippen molar-refractivity contribution in [3.05, 3.63) is 65.0 Å². The highest BCUT2D eigenvalue weighted by molar-refractivity contribution is 5.79. The van der Waals surface area contributed by atoms with Gasteiger partial charge in [-0.15, -0.1) is 0 Å². The monoisotopic (exact) mass is 609 g/mol. The van der Waals surface area contributed by atoms with Gasteiger partial charge in [0.1, 0.15) is 11.6 Å². The van der Waals surface area contributed by atoms with Crippen molar-refractivity contribution in [2.24, 2.45) is 5.92 Å². The van der Waals surface area contributed by atoms with E-state index in [4.69, 9.17) is 4.74 Å². The Morgan fingerprint density at radius 1 is 1.11 bits per heavy atom. The summed E-state index contributed by atoms with van der Waals surface area (Å²) in [4.78, 5) is 28.1. The largest absolute Gasteiger partial charge is 0.493 e. The molecule has 1 aliphatic heterocycles. The first-order valence-electron chi connectivity index (χ1n) is 16.8. The molecule has 2 aliphatic rings. The third kappa shape index (κ3) is 9.77. The van der Waals surface area contributed by atoms with Crippen molar-refractivity contribution >= 4 is 11.8 Å². The van der Waals surface area contributed by atoms with E-state index in [9.17, 15) is 19.1 Å². The Kier molecular flexibility index (Phi) is 12.6. The number of hydrogen-bond donors (Lipinski definition) is 3. The number of hydrogen-bond acceptors (Lipinski definition) is 5. The topological polar surface area (TPSA) is 90.9 Å². The van der Waals surface area contributed by atoms with Gasteiger partial charge in [-0.2, -0.15) is 0 Å². The van der Waals surface area contributed by atoms with Crippen molar-refractivity contribution in [1.29, 1.82) is 0 Å². The Hall–Kier alpha value is -2.97. The zero-order valence-corrected chi connectivity index (χ0v) is 26.9. The minimum Gasteiger partial charge on any atom is -0.493 e. The molecular formula is C36H52FN3O4. The van der Waals surface area contributed by atoms with Gasteiger partial charge in [0.05, 0.1) is 18.8 Å². The molecule has 2 amide bonds. The zero-order chi connectivity index (χ0) is 31.5. The SMILES string of the molecule is CCCC1CCN(CCC)C(=O)CCCC(=O)NC(C(O)CNC2(c3cccc(CC)c3)CC2)Cc2cc(F)cc(c2)OC1. The molecule has 44 heavy (non-hydrogen) atoms. The molecule has 2 aromatic carbocycles. The lowest BCUT2D eigenvalue weighted by Crippen LogP contribution is -2.50. The average molecular weight is 610 g/mol. The third-order valence-electron chi connectivity index (χ3n) is 9.12. The molecule has 1 heterocycles. The van der Waals surface area contributed by atoms with E-state index >= 15 is 0 Å². The maximum Gasteiger partial charge on any atom is 0.222 e. The van der Waals surface area contributed by atoms with Crippen LogP contribution in [0.3, 0.4) is 0 Å². The number of benzene rings is 2. The molecule has 2 bridgehead atoms. The number of ether oxygens (including phenoxy) is 1. The predicted octanol–water partition coefficient (Wildman–Crippen LogP) is 5.66. The Labute approximate surface area is 262 Å². The van der Waals surface area contributed by atoms with E-state index < -0.39 is 18.0 Å². The van der Waals surface area contributed by atoms with Crippen LogP contribution in [-0.2, 0) is 28.0 Å². The summed E-state index contributed by atoms with van der Waals surface area (Å²) < 4.78 is 20.9. The van der Waals surface area contributed by atoms with E-state index in [2.05, 4.69) is 55.7 Å². The molecule has 1 saturated carbocycles. The Morgan fingerprint density at radius 2 is 1.93 bits per heavy atom. The minimum absolute atomic E-state index is 0.0662. The first-order valence-corrected chi connectivity index (χ1v) is 16.8. The molecule has 242 valence electrons. The minimum atomic E-state index is -0.906. The van der Waals surface area contributed by atoms with Crippen molar-refractivity contribution in [3.8, 4) is 5.75 Å². The number of carbonyl (C=O) groups excluding carboxylic acids is 2. The Bertz CT molecular complexity index is 1230. The number of nitrogens with zero attached hydrogens (tertiary/aromatic N) is 1. The molecular weight excluding hydrogens is 557 g/mol. The fraction of sp³-hybridized carbons (Fsp3) is 0.611. The number of aliphatic hydroxyl groups is 1. The summed E-state index contributed by atoms with van der Waals surface area (Å²) in [7, 11) is 0. The molecule has 8 heteroatoms. The lowest BCUT2D eigenvalue weighted by molar-refractivity contribution is -0.131. The van der Waals surface area contributed by atoms with Crippen LogP contribution < -0.4 is 15.4 Å². The summed E-state index contributed by atoms with van der Waals surface area (Å²) in [6, 6.07) is 12.6. The second-order valence-corrected chi connectivity index (χ2v) is 12.7. The highest BCUT2D eigenvalue weighted by Gasteiger charge is 2.44. The van der Waals surface area contributed by atoms with Crippen LogP contribution in [0, 0.1) is 11.7 Å². The van der Waals surface area contributed by atoms with Gasteiger partial charge >= 0.3 is 0 Å². The van der Waals surface area contributed by atoms with Crippen LogP contribution in [0.25, 0.3) is 0 Å². The summed E-state index contributed by atoms with van der Waals surface area (Å²) in [5, 5.41) is 18.0. The number of nitrogens with one attached hydrogen (secondary N) is 2. The van der Waals surface area contributed by atoms with Gasteiger partial charge in [-0.25, -0.2) is 4.39 Å². The van der Waals surface area contributed by atoms with Crippen LogP contribution in [0.2, 0.25) is 0 Å².